The summed E-state index contributed by atoms with van der Waals surface area (Å²) >= 11 is 0. The molecule has 0 aliphatic rings. The first-order chi connectivity index (χ1) is 5.43. The largest absolute Gasteiger partial charge is 1.00 e. The van der Waals surface area contributed by atoms with Gasteiger partial charge in [0.15, 0.2) is 0 Å². The molecule has 0 radical (unpaired) electrons. The summed E-state index contributed by atoms with van der Waals surface area (Å²) in [6.45, 7) is -1.72. The van der Waals surface area contributed by atoms with E-state index in [1.807, 2.05) is 0 Å². The standard InChI is InChI=1S/C6H8BF3NO.K/c1-4(2)6-5(3-11-12-6)7(8,9)10;/h3-4H,1-2H3;/q-1;+1. The molecule has 0 atom stereocenters. The van der Waals surface area contributed by atoms with E-state index in [4.69, 9.17) is 0 Å². The van der Waals surface area contributed by atoms with Gasteiger partial charge in [0, 0.05) is 12.1 Å². The molecule has 0 aliphatic carbocycles. The van der Waals surface area contributed by atoms with Crippen LogP contribution in [0, 0.1) is 0 Å². The smallest absolute Gasteiger partial charge is 0.445 e. The molecule has 2 nitrogen and oxygen atoms in total. The summed E-state index contributed by atoms with van der Waals surface area (Å²) in [5, 5.41) is 3.13. The Labute approximate surface area is 117 Å². The molecule has 0 aromatic carbocycles. The Morgan fingerprint density at radius 1 is 1.38 bits per heavy atom. The van der Waals surface area contributed by atoms with Crippen LogP contribution in [0.1, 0.15) is 25.5 Å². The van der Waals surface area contributed by atoms with Crippen LogP contribution >= 0.6 is 0 Å². The molecular formula is C6H8BF3KNO. The molecule has 0 bridgehead atoms. The van der Waals surface area contributed by atoms with E-state index in [9.17, 15) is 12.9 Å². The van der Waals surface area contributed by atoms with Crippen molar-refractivity contribution in [3.05, 3.63) is 12.0 Å². The zero-order chi connectivity index (χ0) is 9.35. The van der Waals surface area contributed by atoms with Gasteiger partial charge in [-0.3, -0.25) is 0 Å². The van der Waals surface area contributed by atoms with Crippen molar-refractivity contribution in [1.82, 2.24) is 5.16 Å². The summed E-state index contributed by atoms with van der Waals surface area (Å²) in [7, 11) is 0. The third-order valence-corrected chi connectivity index (χ3v) is 1.50. The molecule has 0 spiro atoms. The molecule has 1 rings (SSSR count). The summed E-state index contributed by atoms with van der Waals surface area (Å²) in [5.74, 6) is -0.367. The van der Waals surface area contributed by atoms with Gasteiger partial charge >= 0.3 is 58.4 Å². The maximum atomic E-state index is 12.2. The fraction of sp³-hybridized carbons (Fsp3) is 0.500. The second-order valence-electron chi connectivity index (χ2n) is 2.87. The van der Waals surface area contributed by atoms with Gasteiger partial charge in [-0.1, -0.05) is 19.0 Å². The normalized spacial score (nSPS) is 11.5. The topological polar surface area (TPSA) is 26.0 Å². The first-order valence-corrected chi connectivity index (χ1v) is 3.57. The quantitative estimate of drug-likeness (QED) is 0.585. The van der Waals surface area contributed by atoms with Crippen molar-refractivity contribution in [2.24, 2.45) is 0 Å². The number of rotatable bonds is 2. The number of hydrogen-bond donors (Lipinski definition) is 0. The van der Waals surface area contributed by atoms with Gasteiger partial charge in [-0.15, -0.1) is 0 Å². The van der Waals surface area contributed by atoms with Gasteiger partial charge in [-0.2, -0.15) is 0 Å². The van der Waals surface area contributed by atoms with Gasteiger partial charge < -0.3 is 17.5 Å². The molecular weight excluding hydrogens is 209 g/mol. The van der Waals surface area contributed by atoms with Crippen LogP contribution in [0.4, 0.5) is 12.9 Å². The number of hydrogen-bond acceptors (Lipinski definition) is 2. The molecule has 68 valence electrons. The van der Waals surface area contributed by atoms with Crippen molar-refractivity contribution >= 4 is 12.4 Å². The molecule has 0 amide bonds. The van der Waals surface area contributed by atoms with Crippen LogP contribution in [0.15, 0.2) is 10.7 Å². The molecule has 1 aromatic heterocycles. The molecule has 0 unspecified atom stereocenters. The Morgan fingerprint density at radius 3 is 2.23 bits per heavy atom. The van der Waals surface area contributed by atoms with Crippen molar-refractivity contribution in [1.29, 1.82) is 0 Å². The Balaban J connectivity index is 0.00000144. The Hall–Kier alpha value is 0.701. The van der Waals surface area contributed by atoms with Crippen LogP contribution in [0.3, 0.4) is 0 Å². The number of aromatic nitrogens is 1. The van der Waals surface area contributed by atoms with Crippen molar-refractivity contribution in [3.63, 3.8) is 0 Å². The fourth-order valence-electron chi connectivity index (χ4n) is 0.941. The molecule has 0 aliphatic heterocycles. The monoisotopic (exact) mass is 217 g/mol. The van der Waals surface area contributed by atoms with Crippen LogP contribution in [-0.4, -0.2) is 12.1 Å². The van der Waals surface area contributed by atoms with Crippen molar-refractivity contribution in [3.8, 4) is 0 Å². The van der Waals surface area contributed by atoms with Crippen LogP contribution in [-0.2, 0) is 0 Å². The SMILES string of the molecule is CC(C)c1oncc1[B-](F)(F)F.[K+]. The molecule has 0 saturated heterocycles. The van der Waals surface area contributed by atoms with E-state index in [1.54, 1.807) is 13.8 Å². The zero-order valence-corrected chi connectivity index (χ0v) is 10.8. The maximum Gasteiger partial charge on any atom is 1.00 e. The molecule has 0 N–H and O–H groups in total. The average Bonchev–Trinajstić information content (AvgIpc) is 2.30. The van der Waals surface area contributed by atoms with E-state index >= 15 is 0 Å². The molecule has 13 heavy (non-hydrogen) atoms. The minimum Gasteiger partial charge on any atom is -0.445 e. The fourth-order valence-corrected chi connectivity index (χ4v) is 0.941. The Bertz CT molecular complexity index is 273. The van der Waals surface area contributed by atoms with E-state index in [1.165, 1.54) is 0 Å². The summed E-state index contributed by atoms with van der Waals surface area (Å²) < 4.78 is 41.1. The molecule has 0 saturated carbocycles. The third-order valence-electron chi connectivity index (χ3n) is 1.50. The second-order valence-corrected chi connectivity index (χ2v) is 2.87. The maximum absolute atomic E-state index is 12.2. The minimum atomic E-state index is -4.98. The van der Waals surface area contributed by atoms with E-state index in [-0.39, 0.29) is 63.1 Å². The van der Waals surface area contributed by atoms with Crippen molar-refractivity contribution in [2.75, 3.05) is 0 Å². The molecule has 1 heterocycles. The van der Waals surface area contributed by atoms with Gasteiger partial charge in [-0.05, 0) is 5.46 Å². The second kappa shape index (κ2) is 4.97. The van der Waals surface area contributed by atoms with E-state index in [2.05, 4.69) is 9.68 Å². The van der Waals surface area contributed by atoms with Crippen molar-refractivity contribution in [2.45, 2.75) is 19.8 Å². The summed E-state index contributed by atoms with van der Waals surface area (Å²) in [4.78, 5) is 0. The molecule has 1 aromatic rings. The third kappa shape index (κ3) is 3.39. The minimum absolute atomic E-state index is 0. The molecule has 0 fully saturated rings. The van der Waals surface area contributed by atoms with Crippen LogP contribution < -0.4 is 56.8 Å². The first-order valence-electron chi connectivity index (χ1n) is 3.57. The molecule has 7 heteroatoms. The van der Waals surface area contributed by atoms with Crippen LogP contribution in [0.5, 0.6) is 0 Å². The summed E-state index contributed by atoms with van der Waals surface area (Å²) in [6.07, 6.45) is 0.731. The Kier molecular flexibility index (Phi) is 5.24. The Morgan fingerprint density at radius 2 is 1.92 bits per heavy atom. The van der Waals surface area contributed by atoms with Gasteiger partial charge in [0.2, 0.25) is 0 Å². The van der Waals surface area contributed by atoms with E-state index in [0.29, 0.717) is 0 Å². The summed E-state index contributed by atoms with van der Waals surface area (Å²) in [6, 6.07) is 0. The van der Waals surface area contributed by atoms with E-state index in [0.717, 1.165) is 6.20 Å². The first kappa shape index (κ1) is 13.7. The van der Waals surface area contributed by atoms with Crippen molar-refractivity contribution < 1.29 is 68.9 Å². The van der Waals surface area contributed by atoms with Gasteiger partial charge in [0.1, 0.15) is 5.76 Å². The predicted molar refractivity (Wildman–Crippen MR) is 39.3 cm³/mol. The van der Waals surface area contributed by atoms with Gasteiger partial charge in [0.05, 0.1) is 0 Å². The summed E-state index contributed by atoms with van der Waals surface area (Å²) in [5.41, 5.74) is -0.718. The van der Waals surface area contributed by atoms with E-state index < -0.39 is 12.4 Å². The van der Waals surface area contributed by atoms with Crippen LogP contribution in [0.2, 0.25) is 0 Å². The average molecular weight is 217 g/mol. The van der Waals surface area contributed by atoms with Crippen LogP contribution in [0.25, 0.3) is 0 Å². The predicted octanol–water partition coefficient (Wildman–Crippen LogP) is -1.14. The number of nitrogens with zero attached hydrogens (tertiary/aromatic N) is 1. The van der Waals surface area contributed by atoms with Gasteiger partial charge in [0.25, 0.3) is 0 Å². The number of halogens is 3. The van der Waals surface area contributed by atoms with Gasteiger partial charge in [-0.25, -0.2) is 0 Å². The zero-order valence-electron chi connectivity index (χ0n) is 7.72.